The molecule has 1 aromatic heterocycles. The molecule has 4 heteroatoms. The van der Waals surface area contributed by atoms with E-state index in [1.54, 1.807) is 11.3 Å². The molecule has 1 atom stereocenters. The van der Waals surface area contributed by atoms with Gasteiger partial charge >= 0.3 is 0 Å². The van der Waals surface area contributed by atoms with Gasteiger partial charge in [0.1, 0.15) is 5.01 Å². The summed E-state index contributed by atoms with van der Waals surface area (Å²) < 4.78 is 1.28. The van der Waals surface area contributed by atoms with E-state index >= 15 is 0 Å². The molecule has 1 aliphatic heterocycles. The van der Waals surface area contributed by atoms with Gasteiger partial charge in [-0.15, -0.1) is 11.3 Å². The molecule has 3 rings (SSSR count). The number of aromatic nitrogens is 1. The van der Waals surface area contributed by atoms with Crippen molar-refractivity contribution in [2.45, 2.75) is 19.0 Å². The maximum Gasteiger partial charge on any atom is 0.108 e. The normalized spacial score (nSPS) is 21.9. The molecule has 1 aromatic carbocycles. The first-order valence-corrected chi connectivity index (χ1v) is 6.45. The van der Waals surface area contributed by atoms with Gasteiger partial charge in [-0.25, -0.2) is 4.98 Å². The number of benzene rings is 1. The summed E-state index contributed by atoms with van der Waals surface area (Å²) in [5.74, 6) is 0. The van der Waals surface area contributed by atoms with Gasteiger partial charge in [-0.3, -0.25) is 4.90 Å². The minimum Gasteiger partial charge on any atom is -0.326 e. The quantitative estimate of drug-likeness (QED) is 0.860. The van der Waals surface area contributed by atoms with Crippen molar-refractivity contribution in [2.75, 3.05) is 13.1 Å². The molecule has 0 unspecified atom stereocenters. The second kappa shape index (κ2) is 4.13. The maximum absolute atomic E-state index is 5.90. The largest absolute Gasteiger partial charge is 0.326 e. The van der Waals surface area contributed by atoms with E-state index in [9.17, 15) is 0 Å². The average Bonchev–Trinajstić information content (AvgIpc) is 2.84. The molecule has 0 radical (unpaired) electrons. The van der Waals surface area contributed by atoms with E-state index in [2.05, 4.69) is 28.1 Å². The van der Waals surface area contributed by atoms with Gasteiger partial charge in [-0.05, 0) is 18.6 Å². The predicted octanol–water partition coefficient (Wildman–Crippen LogP) is 1.83. The Hall–Kier alpha value is -0.970. The van der Waals surface area contributed by atoms with Crippen LogP contribution in [0.5, 0.6) is 0 Å². The Bertz CT molecular complexity index is 461. The van der Waals surface area contributed by atoms with Gasteiger partial charge in [0.15, 0.2) is 0 Å². The van der Waals surface area contributed by atoms with E-state index in [1.165, 1.54) is 9.71 Å². The Balaban J connectivity index is 1.79. The Morgan fingerprint density at radius 3 is 3.06 bits per heavy atom. The van der Waals surface area contributed by atoms with E-state index in [0.29, 0.717) is 6.04 Å². The summed E-state index contributed by atoms with van der Waals surface area (Å²) in [6.07, 6.45) is 1.12. The zero-order valence-electron chi connectivity index (χ0n) is 9.10. The van der Waals surface area contributed by atoms with Gasteiger partial charge < -0.3 is 5.73 Å². The lowest BCUT2D eigenvalue weighted by Crippen LogP contribution is -2.26. The molecule has 1 aliphatic rings. The van der Waals surface area contributed by atoms with Crippen LogP contribution >= 0.6 is 11.3 Å². The third kappa shape index (κ3) is 1.96. The molecule has 0 saturated carbocycles. The molecule has 1 fully saturated rings. The fourth-order valence-corrected chi connectivity index (χ4v) is 3.19. The SMILES string of the molecule is N[C@H]1CCN(Cc2nc3ccccc3s2)C1. The molecule has 0 amide bonds. The molecule has 2 heterocycles. The van der Waals surface area contributed by atoms with Crippen molar-refractivity contribution in [1.82, 2.24) is 9.88 Å². The van der Waals surface area contributed by atoms with Crippen molar-refractivity contribution < 1.29 is 0 Å². The lowest BCUT2D eigenvalue weighted by Gasteiger charge is -2.12. The topological polar surface area (TPSA) is 42.1 Å². The Morgan fingerprint density at radius 2 is 2.31 bits per heavy atom. The zero-order valence-corrected chi connectivity index (χ0v) is 9.91. The monoisotopic (exact) mass is 233 g/mol. The summed E-state index contributed by atoms with van der Waals surface area (Å²) in [7, 11) is 0. The third-order valence-corrected chi connectivity index (χ3v) is 4.03. The molecule has 2 aromatic rings. The van der Waals surface area contributed by atoms with Crippen LogP contribution in [-0.2, 0) is 6.54 Å². The van der Waals surface area contributed by atoms with Crippen LogP contribution < -0.4 is 5.73 Å². The van der Waals surface area contributed by atoms with E-state index in [1.807, 2.05) is 6.07 Å². The number of para-hydroxylation sites is 1. The fraction of sp³-hybridized carbons (Fsp3) is 0.417. The number of rotatable bonds is 2. The Kier molecular flexibility index (Phi) is 2.63. The first-order chi connectivity index (χ1) is 7.81. The Labute approximate surface area is 98.9 Å². The van der Waals surface area contributed by atoms with Crippen LogP contribution in [0.15, 0.2) is 24.3 Å². The summed E-state index contributed by atoms with van der Waals surface area (Å²) in [5, 5.41) is 1.20. The van der Waals surface area contributed by atoms with Gasteiger partial charge in [0.2, 0.25) is 0 Å². The molecule has 0 aliphatic carbocycles. The van der Waals surface area contributed by atoms with Crippen molar-refractivity contribution in [1.29, 1.82) is 0 Å². The van der Waals surface area contributed by atoms with Gasteiger partial charge in [0.25, 0.3) is 0 Å². The highest BCUT2D eigenvalue weighted by Gasteiger charge is 2.19. The molecular weight excluding hydrogens is 218 g/mol. The summed E-state index contributed by atoms with van der Waals surface area (Å²) in [6.45, 7) is 3.07. The number of hydrogen-bond donors (Lipinski definition) is 1. The van der Waals surface area contributed by atoms with Gasteiger partial charge in [-0.2, -0.15) is 0 Å². The lowest BCUT2D eigenvalue weighted by atomic mass is 10.3. The first kappa shape index (κ1) is 10.2. The molecular formula is C12H15N3S. The van der Waals surface area contributed by atoms with Crippen molar-refractivity contribution in [3.05, 3.63) is 29.3 Å². The number of nitrogens with zero attached hydrogens (tertiary/aromatic N) is 2. The highest BCUT2D eigenvalue weighted by atomic mass is 32.1. The van der Waals surface area contributed by atoms with Gasteiger partial charge in [0, 0.05) is 19.1 Å². The molecule has 0 spiro atoms. The van der Waals surface area contributed by atoms with Crippen LogP contribution in [0, 0.1) is 0 Å². The van der Waals surface area contributed by atoms with Gasteiger partial charge in [0.05, 0.1) is 16.8 Å². The minimum atomic E-state index is 0.356. The van der Waals surface area contributed by atoms with E-state index < -0.39 is 0 Å². The van der Waals surface area contributed by atoms with Crippen molar-refractivity contribution in [2.24, 2.45) is 5.73 Å². The highest BCUT2D eigenvalue weighted by molar-refractivity contribution is 7.18. The molecule has 16 heavy (non-hydrogen) atoms. The van der Waals surface area contributed by atoms with Crippen molar-refractivity contribution >= 4 is 21.6 Å². The van der Waals surface area contributed by atoms with E-state index in [0.717, 1.165) is 31.6 Å². The van der Waals surface area contributed by atoms with Crippen LogP contribution in [-0.4, -0.2) is 29.0 Å². The maximum atomic E-state index is 5.90. The summed E-state index contributed by atoms with van der Waals surface area (Å²) >= 11 is 1.79. The average molecular weight is 233 g/mol. The molecule has 2 N–H and O–H groups in total. The molecule has 1 saturated heterocycles. The van der Waals surface area contributed by atoms with Gasteiger partial charge in [-0.1, -0.05) is 12.1 Å². The van der Waals surface area contributed by atoms with Crippen LogP contribution in [0.25, 0.3) is 10.2 Å². The number of thiazole rings is 1. The zero-order chi connectivity index (χ0) is 11.0. The number of likely N-dealkylation sites (tertiary alicyclic amines) is 1. The minimum absolute atomic E-state index is 0.356. The van der Waals surface area contributed by atoms with Crippen LogP contribution in [0.1, 0.15) is 11.4 Å². The highest BCUT2D eigenvalue weighted by Crippen LogP contribution is 2.23. The second-order valence-electron chi connectivity index (χ2n) is 4.36. The second-order valence-corrected chi connectivity index (χ2v) is 5.47. The Morgan fingerprint density at radius 1 is 1.44 bits per heavy atom. The van der Waals surface area contributed by atoms with Crippen molar-refractivity contribution in [3.63, 3.8) is 0 Å². The van der Waals surface area contributed by atoms with E-state index in [-0.39, 0.29) is 0 Å². The lowest BCUT2D eigenvalue weighted by molar-refractivity contribution is 0.326. The van der Waals surface area contributed by atoms with Crippen molar-refractivity contribution in [3.8, 4) is 0 Å². The molecule has 84 valence electrons. The first-order valence-electron chi connectivity index (χ1n) is 5.63. The van der Waals surface area contributed by atoms with Crippen LogP contribution in [0.3, 0.4) is 0 Å². The number of fused-ring (bicyclic) bond motifs is 1. The smallest absolute Gasteiger partial charge is 0.108 e. The summed E-state index contributed by atoms with van der Waals surface area (Å²) in [6, 6.07) is 8.67. The summed E-state index contributed by atoms with van der Waals surface area (Å²) in [5.41, 5.74) is 7.01. The standard InChI is InChI=1S/C12H15N3S/c13-9-5-6-15(7-9)8-12-14-10-3-1-2-4-11(10)16-12/h1-4,9H,5-8,13H2/t9-/m0/s1. The summed E-state index contributed by atoms with van der Waals surface area (Å²) in [4.78, 5) is 7.03. The van der Waals surface area contributed by atoms with E-state index in [4.69, 9.17) is 5.73 Å². The fourth-order valence-electron chi connectivity index (χ4n) is 2.19. The number of hydrogen-bond acceptors (Lipinski definition) is 4. The molecule has 3 nitrogen and oxygen atoms in total. The van der Waals surface area contributed by atoms with Crippen LogP contribution in [0.2, 0.25) is 0 Å². The molecule has 0 bridgehead atoms. The number of nitrogens with two attached hydrogens (primary N) is 1. The predicted molar refractivity (Wildman–Crippen MR) is 67.5 cm³/mol. The van der Waals surface area contributed by atoms with Crippen LogP contribution in [0.4, 0.5) is 0 Å². The third-order valence-electron chi connectivity index (χ3n) is 3.01.